The number of carboxylic acid groups (broad SMARTS) is 1. The fourth-order valence-corrected chi connectivity index (χ4v) is 3.76. The Morgan fingerprint density at radius 2 is 1.74 bits per heavy atom. The van der Waals surface area contributed by atoms with E-state index in [1.165, 1.54) is 25.7 Å². The second-order valence-electron chi connectivity index (χ2n) is 6.47. The molecule has 0 saturated heterocycles. The van der Waals surface area contributed by atoms with Gasteiger partial charge in [-0.05, 0) is 44.4 Å². The zero-order valence-corrected chi connectivity index (χ0v) is 11.9. The average molecular weight is 267 g/mol. The molecule has 2 N–H and O–H groups in total. The van der Waals surface area contributed by atoms with Gasteiger partial charge in [-0.15, -0.1) is 0 Å². The Kier molecular flexibility index (Phi) is 4.48. The first-order chi connectivity index (χ1) is 8.99. The molecule has 108 valence electrons. The van der Waals surface area contributed by atoms with Gasteiger partial charge in [-0.1, -0.05) is 19.8 Å². The SMILES string of the molecule is CC1CC(C(=O)O)C(C(=O)N[C@@H](C)C2CCCC2)C1. The number of hydrogen-bond donors (Lipinski definition) is 2. The standard InChI is InChI=1S/C15H25NO3/c1-9-7-12(13(8-9)15(18)19)14(17)16-10(2)11-5-3-4-6-11/h9-13H,3-8H2,1-2H3,(H,16,17)(H,18,19)/t9?,10-,12?,13?/m0/s1. The summed E-state index contributed by atoms with van der Waals surface area (Å²) < 4.78 is 0. The quantitative estimate of drug-likeness (QED) is 0.822. The summed E-state index contributed by atoms with van der Waals surface area (Å²) in [6, 6.07) is 0.181. The minimum absolute atomic E-state index is 0.0452. The van der Waals surface area contributed by atoms with Gasteiger partial charge in [0.1, 0.15) is 0 Å². The van der Waals surface area contributed by atoms with Crippen molar-refractivity contribution in [3.8, 4) is 0 Å². The van der Waals surface area contributed by atoms with Crippen LogP contribution in [-0.2, 0) is 9.59 Å². The molecule has 3 unspecified atom stereocenters. The fraction of sp³-hybridized carbons (Fsp3) is 0.867. The second-order valence-corrected chi connectivity index (χ2v) is 6.47. The minimum atomic E-state index is -0.821. The van der Waals surface area contributed by atoms with E-state index >= 15 is 0 Å². The van der Waals surface area contributed by atoms with Crippen LogP contribution in [0.4, 0.5) is 0 Å². The molecule has 4 nitrogen and oxygen atoms in total. The van der Waals surface area contributed by atoms with Crippen molar-refractivity contribution in [2.24, 2.45) is 23.7 Å². The highest BCUT2D eigenvalue weighted by molar-refractivity contribution is 5.85. The summed E-state index contributed by atoms with van der Waals surface area (Å²) in [5, 5.41) is 12.3. The molecule has 0 spiro atoms. The van der Waals surface area contributed by atoms with Crippen molar-refractivity contribution in [3.05, 3.63) is 0 Å². The number of rotatable bonds is 4. The van der Waals surface area contributed by atoms with Gasteiger partial charge < -0.3 is 10.4 Å². The lowest BCUT2D eigenvalue weighted by molar-refractivity contribution is -0.146. The van der Waals surface area contributed by atoms with Gasteiger partial charge in [0.15, 0.2) is 0 Å². The molecule has 0 aliphatic heterocycles. The summed E-state index contributed by atoms with van der Waals surface area (Å²) in [5.41, 5.74) is 0. The number of carbonyl (C=O) groups excluding carboxylic acids is 1. The normalized spacial score (nSPS) is 33.3. The van der Waals surface area contributed by atoms with Crippen molar-refractivity contribution in [1.82, 2.24) is 5.32 Å². The van der Waals surface area contributed by atoms with E-state index in [4.69, 9.17) is 0 Å². The molecule has 0 aromatic carbocycles. The lowest BCUT2D eigenvalue weighted by Crippen LogP contribution is -2.42. The summed E-state index contributed by atoms with van der Waals surface area (Å²) >= 11 is 0. The van der Waals surface area contributed by atoms with Crippen LogP contribution in [0.2, 0.25) is 0 Å². The van der Waals surface area contributed by atoms with Crippen LogP contribution in [-0.4, -0.2) is 23.0 Å². The molecular weight excluding hydrogens is 242 g/mol. The summed E-state index contributed by atoms with van der Waals surface area (Å²) in [7, 11) is 0. The molecule has 2 fully saturated rings. The van der Waals surface area contributed by atoms with Crippen molar-refractivity contribution in [3.63, 3.8) is 0 Å². The Bertz CT molecular complexity index is 349. The van der Waals surface area contributed by atoms with E-state index in [1.807, 2.05) is 6.92 Å². The molecule has 2 rings (SSSR count). The van der Waals surface area contributed by atoms with E-state index in [1.54, 1.807) is 0 Å². The maximum Gasteiger partial charge on any atom is 0.307 e. The van der Waals surface area contributed by atoms with E-state index in [0.717, 1.165) is 0 Å². The zero-order chi connectivity index (χ0) is 14.0. The summed E-state index contributed by atoms with van der Waals surface area (Å²) in [6.45, 7) is 4.09. The first-order valence-electron chi connectivity index (χ1n) is 7.52. The van der Waals surface area contributed by atoms with Crippen LogP contribution in [0, 0.1) is 23.7 Å². The van der Waals surface area contributed by atoms with Crippen LogP contribution >= 0.6 is 0 Å². The first-order valence-corrected chi connectivity index (χ1v) is 7.52. The van der Waals surface area contributed by atoms with Gasteiger partial charge in [0.05, 0.1) is 11.8 Å². The molecule has 2 saturated carbocycles. The first kappa shape index (κ1) is 14.4. The van der Waals surface area contributed by atoms with Crippen LogP contribution in [0.3, 0.4) is 0 Å². The highest BCUT2D eigenvalue weighted by Gasteiger charge is 2.41. The Labute approximate surface area is 115 Å². The third-order valence-corrected chi connectivity index (χ3v) is 4.93. The van der Waals surface area contributed by atoms with Gasteiger partial charge >= 0.3 is 5.97 Å². The van der Waals surface area contributed by atoms with Gasteiger partial charge in [-0.2, -0.15) is 0 Å². The maximum atomic E-state index is 12.3. The predicted molar refractivity (Wildman–Crippen MR) is 72.6 cm³/mol. The average Bonchev–Trinajstić information content (AvgIpc) is 2.96. The molecule has 0 aromatic heterocycles. The van der Waals surface area contributed by atoms with Crippen LogP contribution in [0.15, 0.2) is 0 Å². The predicted octanol–water partition coefficient (Wildman–Crippen LogP) is 2.43. The lowest BCUT2D eigenvalue weighted by Gasteiger charge is -2.23. The number of amides is 1. The van der Waals surface area contributed by atoms with Crippen LogP contribution < -0.4 is 5.32 Å². The number of aliphatic carboxylic acids is 1. The number of carboxylic acids is 1. The fourth-order valence-electron chi connectivity index (χ4n) is 3.76. The molecule has 0 bridgehead atoms. The van der Waals surface area contributed by atoms with E-state index < -0.39 is 11.9 Å². The van der Waals surface area contributed by atoms with Gasteiger partial charge in [0.25, 0.3) is 0 Å². The number of hydrogen-bond acceptors (Lipinski definition) is 2. The summed E-state index contributed by atoms with van der Waals surface area (Å²) in [5.74, 6) is -0.791. The second kappa shape index (κ2) is 5.93. The molecule has 4 atom stereocenters. The molecular formula is C15H25NO3. The van der Waals surface area contributed by atoms with Crippen LogP contribution in [0.1, 0.15) is 52.4 Å². The minimum Gasteiger partial charge on any atom is -0.481 e. The smallest absolute Gasteiger partial charge is 0.307 e. The van der Waals surface area contributed by atoms with Gasteiger partial charge in [0, 0.05) is 6.04 Å². The molecule has 2 aliphatic carbocycles. The Morgan fingerprint density at radius 1 is 1.16 bits per heavy atom. The third kappa shape index (κ3) is 3.28. The molecule has 19 heavy (non-hydrogen) atoms. The number of carbonyl (C=O) groups is 2. The lowest BCUT2D eigenvalue weighted by atomic mass is 9.93. The Hall–Kier alpha value is -1.06. The molecule has 2 aliphatic rings. The van der Waals surface area contributed by atoms with Gasteiger partial charge in [-0.25, -0.2) is 0 Å². The van der Waals surface area contributed by atoms with E-state index in [0.29, 0.717) is 24.7 Å². The largest absolute Gasteiger partial charge is 0.481 e. The van der Waals surface area contributed by atoms with Crippen molar-refractivity contribution in [2.45, 2.75) is 58.4 Å². The molecule has 0 aromatic rings. The molecule has 0 heterocycles. The van der Waals surface area contributed by atoms with Gasteiger partial charge in [0.2, 0.25) is 5.91 Å². The third-order valence-electron chi connectivity index (χ3n) is 4.93. The highest BCUT2D eigenvalue weighted by atomic mass is 16.4. The molecule has 0 radical (unpaired) electrons. The van der Waals surface area contributed by atoms with Crippen LogP contribution in [0.25, 0.3) is 0 Å². The monoisotopic (exact) mass is 267 g/mol. The van der Waals surface area contributed by atoms with Crippen molar-refractivity contribution in [1.29, 1.82) is 0 Å². The van der Waals surface area contributed by atoms with Gasteiger partial charge in [-0.3, -0.25) is 9.59 Å². The molecule has 1 amide bonds. The number of nitrogens with one attached hydrogen (secondary N) is 1. The maximum absolute atomic E-state index is 12.3. The van der Waals surface area contributed by atoms with E-state index in [9.17, 15) is 14.7 Å². The Balaban J connectivity index is 1.92. The molecule has 4 heteroatoms. The van der Waals surface area contributed by atoms with Crippen molar-refractivity contribution in [2.75, 3.05) is 0 Å². The summed E-state index contributed by atoms with van der Waals surface area (Å²) in [4.78, 5) is 23.5. The summed E-state index contributed by atoms with van der Waals surface area (Å²) in [6.07, 6.45) is 6.22. The van der Waals surface area contributed by atoms with E-state index in [2.05, 4.69) is 12.2 Å². The van der Waals surface area contributed by atoms with Crippen LogP contribution in [0.5, 0.6) is 0 Å². The van der Waals surface area contributed by atoms with E-state index in [-0.39, 0.29) is 17.9 Å². The Morgan fingerprint density at radius 3 is 2.32 bits per heavy atom. The van der Waals surface area contributed by atoms with Crippen molar-refractivity contribution >= 4 is 11.9 Å². The highest BCUT2D eigenvalue weighted by Crippen LogP contribution is 2.37. The van der Waals surface area contributed by atoms with Crippen molar-refractivity contribution < 1.29 is 14.7 Å². The zero-order valence-electron chi connectivity index (χ0n) is 11.9. The topological polar surface area (TPSA) is 66.4 Å².